The van der Waals surface area contributed by atoms with Gasteiger partial charge in [0, 0.05) is 6.07 Å². The van der Waals surface area contributed by atoms with Crippen molar-refractivity contribution in [2.75, 3.05) is 7.11 Å². The van der Waals surface area contributed by atoms with E-state index in [1.165, 1.54) is 48.3 Å². The average Bonchev–Trinajstić information content (AvgIpc) is 2.58. The monoisotopic (exact) mass is 350 g/mol. The van der Waals surface area contributed by atoms with Crippen LogP contribution in [0.25, 0.3) is 10.9 Å². The zero-order chi connectivity index (χ0) is 18.0. The van der Waals surface area contributed by atoms with Gasteiger partial charge in [-0.15, -0.1) is 0 Å². The molecule has 0 atom stereocenters. The summed E-state index contributed by atoms with van der Waals surface area (Å²) in [7, 11) is 1.33. The summed E-state index contributed by atoms with van der Waals surface area (Å²) >= 11 is 0. The Morgan fingerprint density at radius 1 is 1.16 bits per heavy atom. The molecule has 0 fully saturated rings. The number of aromatic nitrogens is 2. The minimum Gasteiger partial charge on any atom is -0.493 e. The van der Waals surface area contributed by atoms with E-state index in [4.69, 9.17) is 4.74 Å². The second kappa shape index (κ2) is 6.84. The van der Waals surface area contributed by atoms with E-state index < -0.39 is 12.4 Å². The number of ether oxygens (including phenoxy) is 2. The van der Waals surface area contributed by atoms with E-state index in [2.05, 4.69) is 9.72 Å². The second-order valence-electron chi connectivity index (χ2n) is 5.20. The minimum absolute atomic E-state index is 0.0966. The summed E-state index contributed by atoms with van der Waals surface area (Å²) < 4.78 is 48.6. The van der Waals surface area contributed by atoms with Crippen LogP contribution in [0.1, 0.15) is 5.56 Å². The molecule has 0 saturated carbocycles. The molecule has 0 radical (unpaired) electrons. The molecular weight excluding hydrogens is 337 g/mol. The predicted octanol–water partition coefficient (Wildman–Crippen LogP) is 3.19. The van der Waals surface area contributed by atoms with E-state index in [9.17, 15) is 18.0 Å². The van der Waals surface area contributed by atoms with Crippen molar-refractivity contribution in [3.05, 3.63) is 64.5 Å². The van der Waals surface area contributed by atoms with Gasteiger partial charge in [-0.25, -0.2) is 9.37 Å². The van der Waals surface area contributed by atoms with E-state index in [1.807, 2.05) is 0 Å². The molecule has 0 bridgehead atoms. The van der Waals surface area contributed by atoms with Crippen LogP contribution >= 0.6 is 0 Å². The summed E-state index contributed by atoms with van der Waals surface area (Å²) in [5.41, 5.74) is 0.556. The van der Waals surface area contributed by atoms with Crippen molar-refractivity contribution in [3.63, 3.8) is 0 Å². The number of alkyl halides is 2. The molecule has 8 heteroatoms. The zero-order valence-corrected chi connectivity index (χ0v) is 13.1. The first-order valence-corrected chi connectivity index (χ1v) is 7.24. The molecule has 1 heterocycles. The molecule has 0 aliphatic heterocycles. The number of hydrogen-bond donors (Lipinski definition) is 0. The minimum atomic E-state index is -2.97. The Kier molecular flexibility index (Phi) is 4.60. The summed E-state index contributed by atoms with van der Waals surface area (Å²) in [6.07, 6.45) is 1.31. The fraction of sp³-hybridized carbons (Fsp3) is 0.176. The first-order chi connectivity index (χ1) is 12.0. The first-order valence-electron chi connectivity index (χ1n) is 7.24. The third-order valence-electron chi connectivity index (χ3n) is 3.58. The molecule has 0 saturated heterocycles. The highest BCUT2D eigenvalue weighted by Gasteiger charge is 2.12. The van der Waals surface area contributed by atoms with Crippen LogP contribution in [-0.4, -0.2) is 23.3 Å². The molecule has 3 aromatic rings. The summed E-state index contributed by atoms with van der Waals surface area (Å²) in [5.74, 6) is -0.445. The fourth-order valence-corrected chi connectivity index (χ4v) is 2.44. The molecule has 130 valence electrons. The molecule has 5 nitrogen and oxygen atoms in total. The fourth-order valence-electron chi connectivity index (χ4n) is 2.44. The van der Waals surface area contributed by atoms with E-state index >= 15 is 0 Å². The van der Waals surface area contributed by atoms with Gasteiger partial charge in [0.15, 0.2) is 11.5 Å². The standard InChI is InChI=1S/C17H13F3N2O3/c1-24-15-6-10(2-5-14(15)25-17(19)20)8-22-9-21-13-7-11(18)3-4-12(13)16(22)23/h2-7,9,17H,8H2,1H3. The molecule has 0 unspecified atom stereocenters. The number of rotatable bonds is 5. The van der Waals surface area contributed by atoms with E-state index in [0.29, 0.717) is 5.56 Å². The molecule has 0 aliphatic rings. The van der Waals surface area contributed by atoms with Crippen molar-refractivity contribution in [3.8, 4) is 11.5 Å². The normalized spacial score (nSPS) is 11.1. The highest BCUT2D eigenvalue weighted by Crippen LogP contribution is 2.29. The Labute approximate surface area is 140 Å². The third kappa shape index (κ3) is 3.57. The van der Waals surface area contributed by atoms with Crippen LogP contribution in [-0.2, 0) is 6.54 Å². The molecule has 0 aliphatic carbocycles. The molecule has 0 N–H and O–H groups in total. The van der Waals surface area contributed by atoms with Crippen molar-refractivity contribution < 1.29 is 22.6 Å². The van der Waals surface area contributed by atoms with Crippen LogP contribution in [0.2, 0.25) is 0 Å². The van der Waals surface area contributed by atoms with Gasteiger partial charge in [-0.3, -0.25) is 9.36 Å². The van der Waals surface area contributed by atoms with E-state index in [0.717, 1.165) is 0 Å². The van der Waals surface area contributed by atoms with E-state index in [1.54, 1.807) is 6.07 Å². The second-order valence-corrected chi connectivity index (χ2v) is 5.20. The Morgan fingerprint density at radius 2 is 1.96 bits per heavy atom. The van der Waals surface area contributed by atoms with Gasteiger partial charge >= 0.3 is 6.61 Å². The molecule has 2 aromatic carbocycles. The Hall–Kier alpha value is -3.03. The Morgan fingerprint density at radius 3 is 2.68 bits per heavy atom. The summed E-state index contributed by atoms with van der Waals surface area (Å²) in [5, 5.41) is 0.286. The zero-order valence-electron chi connectivity index (χ0n) is 13.1. The largest absolute Gasteiger partial charge is 0.493 e. The van der Waals surface area contributed by atoms with Crippen molar-refractivity contribution in [2.24, 2.45) is 0 Å². The number of fused-ring (bicyclic) bond motifs is 1. The van der Waals surface area contributed by atoms with Gasteiger partial charge in [-0.05, 0) is 29.8 Å². The van der Waals surface area contributed by atoms with E-state index in [-0.39, 0.29) is 34.5 Å². The number of benzene rings is 2. The maximum absolute atomic E-state index is 13.2. The lowest BCUT2D eigenvalue weighted by atomic mass is 10.2. The first kappa shape index (κ1) is 16.8. The topological polar surface area (TPSA) is 53.4 Å². The lowest BCUT2D eigenvalue weighted by Gasteiger charge is -2.12. The van der Waals surface area contributed by atoms with Crippen LogP contribution in [0.3, 0.4) is 0 Å². The van der Waals surface area contributed by atoms with Gasteiger partial charge < -0.3 is 9.47 Å². The van der Waals surface area contributed by atoms with Gasteiger partial charge in [0.05, 0.1) is 30.9 Å². The SMILES string of the molecule is COc1cc(Cn2cnc3cc(F)ccc3c2=O)ccc1OC(F)F. The number of halogens is 3. The van der Waals surface area contributed by atoms with Gasteiger partial charge in [-0.2, -0.15) is 8.78 Å². The van der Waals surface area contributed by atoms with Crippen molar-refractivity contribution in [1.29, 1.82) is 0 Å². The molecule has 0 spiro atoms. The van der Waals surface area contributed by atoms with Crippen LogP contribution in [0.15, 0.2) is 47.5 Å². The molecule has 25 heavy (non-hydrogen) atoms. The lowest BCUT2D eigenvalue weighted by molar-refractivity contribution is -0.0512. The smallest absolute Gasteiger partial charge is 0.387 e. The van der Waals surface area contributed by atoms with Gasteiger partial charge in [0.25, 0.3) is 5.56 Å². The van der Waals surface area contributed by atoms with Gasteiger partial charge in [0.2, 0.25) is 0 Å². The predicted molar refractivity (Wildman–Crippen MR) is 84.7 cm³/mol. The van der Waals surface area contributed by atoms with Crippen LogP contribution in [0.4, 0.5) is 13.2 Å². The van der Waals surface area contributed by atoms with Crippen LogP contribution < -0.4 is 15.0 Å². The van der Waals surface area contributed by atoms with Crippen molar-refractivity contribution in [2.45, 2.75) is 13.2 Å². The maximum atomic E-state index is 13.2. The third-order valence-corrected chi connectivity index (χ3v) is 3.58. The highest BCUT2D eigenvalue weighted by molar-refractivity contribution is 5.77. The number of methoxy groups -OCH3 is 1. The highest BCUT2D eigenvalue weighted by atomic mass is 19.3. The van der Waals surface area contributed by atoms with Gasteiger partial charge in [0.1, 0.15) is 5.82 Å². The van der Waals surface area contributed by atoms with Crippen molar-refractivity contribution >= 4 is 10.9 Å². The molecule has 0 amide bonds. The van der Waals surface area contributed by atoms with Crippen molar-refractivity contribution in [1.82, 2.24) is 9.55 Å². The summed E-state index contributed by atoms with van der Waals surface area (Å²) in [6.45, 7) is -2.82. The summed E-state index contributed by atoms with van der Waals surface area (Å²) in [6, 6.07) is 8.13. The number of hydrogen-bond acceptors (Lipinski definition) is 4. The Bertz CT molecular complexity index is 973. The summed E-state index contributed by atoms with van der Waals surface area (Å²) in [4.78, 5) is 16.5. The quantitative estimate of drug-likeness (QED) is 0.709. The average molecular weight is 350 g/mol. The number of nitrogens with zero attached hydrogens (tertiary/aromatic N) is 2. The lowest BCUT2D eigenvalue weighted by Crippen LogP contribution is -2.21. The van der Waals surface area contributed by atoms with Crippen LogP contribution in [0.5, 0.6) is 11.5 Å². The molecular formula is C17H13F3N2O3. The maximum Gasteiger partial charge on any atom is 0.387 e. The molecule has 3 rings (SSSR count). The Balaban J connectivity index is 1.94. The van der Waals surface area contributed by atoms with Gasteiger partial charge in [-0.1, -0.05) is 6.07 Å². The molecule has 1 aromatic heterocycles. The van der Waals surface area contributed by atoms with Crippen LogP contribution in [0, 0.1) is 5.82 Å².